The second-order valence-corrected chi connectivity index (χ2v) is 7.13. The first-order valence-electron chi connectivity index (χ1n) is 9.85. The van der Waals surface area contributed by atoms with E-state index in [1.807, 2.05) is 25.1 Å². The Bertz CT molecular complexity index is 1300. The van der Waals surface area contributed by atoms with E-state index in [1.165, 1.54) is 12.1 Å². The van der Waals surface area contributed by atoms with E-state index >= 15 is 0 Å². The lowest BCUT2D eigenvalue weighted by Crippen LogP contribution is -2.09. The van der Waals surface area contributed by atoms with E-state index < -0.39 is 10.9 Å². The minimum Gasteiger partial charge on any atom is -0.422 e. The molecule has 1 heterocycles. The first-order chi connectivity index (χ1) is 15.5. The fourth-order valence-electron chi connectivity index (χ4n) is 3.31. The molecule has 0 aliphatic heterocycles. The normalized spacial score (nSPS) is 10.6. The highest BCUT2D eigenvalue weighted by atomic mass is 16.6. The van der Waals surface area contributed by atoms with Gasteiger partial charge in [-0.3, -0.25) is 10.1 Å². The van der Waals surface area contributed by atoms with Gasteiger partial charge in [0.2, 0.25) is 0 Å². The van der Waals surface area contributed by atoms with Crippen molar-refractivity contribution < 1.29 is 14.5 Å². The second-order valence-electron chi connectivity index (χ2n) is 7.13. The molecule has 8 heteroatoms. The standard InChI is InChI=1S/C24H20N4O4/c1-16-8-10-19(23(12-16)32-24(29)17-6-4-3-5-7-17)21-14-27(15-26-21)22-13-18(28(30)31)9-11-20(22)25-2/h3-15,25H,1-2H3. The van der Waals surface area contributed by atoms with Crippen LogP contribution in [0.1, 0.15) is 15.9 Å². The third-order valence-corrected chi connectivity index (χ3v) is 4.95. The molecule has 0 unspecified atom stereocenters. The Labute approximate surface area is 184 Å². The maximum absolute atomic E-state index is 12.6. The van der Waals surface area contributed by atoms with E-state index in [0.717, 1.165) is 5.56 Å². The van der Waals surface area contributed by atoms with Crippen LogP contribution in [0.2, 0.25) is 0 Å². The summed E-state index contributed by atoms with van der Waals surface area (Å²) in [6, 6.07) is 18.8. The zero-order chi connectivity index (χ0) is 22.7. The summed E-state index contributed by atoms with van der Waals surface area (Å²) in [5.74, 6) is -0.0787. The molecule has 160 valence electrons. The minimum absolute atomic E-state index is 0.0259. The van der Waals surface area contributed by atoms with Crippen molar-refractivity contribution in [2.75, 3.05) is 12.4 Å². The number of nitro benzene ring substituents is 1. The Balaban J connectivity index is 1.72. The van der Waals surface area contributed by atoms with Crippen LogP contribution in [-0.2, 0) is 0 Å². The van der Waals surface area contributed by atoms with E-state index in [-0.39, 0.29) is 5.69 Å². The van der Waals surface area contributed by atoms with Crippen LogP contribution in [0.15, 0.2) is 79.3 Å². The number of anilines is 1. The Morgan fingerprint density at radius 1 is 1.09 bits per heavy atom. The largest absolute Gasteiger partial charge is 0.422 e. The summed E-state index contributed by atoms with van der Waals surface area (Å²) in [4.78, 5) is 27.8. The Morgan fingerprint density at radius 3 is 2.59 bits per heavy atom. The molecule has 0 radical (unpaired) electrons. The first kappa shape index (κ1) is 20.8. The molecule has 0 saturated carbocycles. The van der Waals surface area contributed by atoms with E-state index in [0.29, 0.717) is 33.9 Å². The lowest BCUT2D eigenvalue weighted by atomic mass is 10.1. The fraction of sp³-hybridized carbons (Fsp3) is 0.0833. The van der Waals surface area contributed by atoms with Crippen LogP contribution in [0, 0.1) is 17.0 Å². The van der Waals surface area contributed by atoms with Gasteiger partial charge < -0.3 is 14.6 Å². The SMILES string of the molecule is CNc1ccc([N+](=O)[O-])cc1-n1cnc(-c2ccc(C)cc2OC(=O)c2ccccc2)c1. The highest BCUT2D eigenvalue weighted by molar-refractivity contribution is 5.92. The summed E-state index contributed by atoms with van der Waals surface area (Å²) in [5, 5.41) is 14.3. The molecule has 4 rings (SSSR count). The monoisotopic (exact) mass is 428 g/mol. The predicted molar refractivity (Wildman–Crippen MR) is 121 cm³/mol. The average molecular weight is 428 g/mol. The van der Waals surface area contributed by atoms with Crippen molar-refractivity contribution in [3.8, 4) is 22.7 Å². The minimum atomic E-state index is -0.465. The summed E-state index contributed by atoms with van der Waals surface area (Å²) < 4.78 is 7.38. The van der Waals surface area contributed by atoms with Crippen LogP contribution >= 0.6 is 0 Å². The number of non-ortho nitro benzene ring substituents is 1. The number of nitro groups is 1. The molecule has 8 nitrogen and oxygen atoms in total. The van der Waals surface area contributed by atoms with Gasteiger partial charge in [0.05, 0.1) is 33.9 Å². The van der Waals surface area contributed by atoms with Crippen molar-refractivity contribution in [1.29, 1.82) is 0 Å². The van der Waals surface area contributed by atoms with Gasteiger partial charge >= 0.3 is 5.97 Å². The van der Waals surface area contributed by atoms with Gasteiger partial charge in [0, 0.05) is 30.9 Å². The maximum atomic E-state index is 12.6. The number of esters is 1. The fourth-order valence-corrected chi connectivity index (χ4v) is 3.31. The van der Waals surface area contributed by atoms with Gasteiger partial charge in [-0.25, -0.2) is 9.78 Å². The topological polar surface area (TPSA) is 99.3 Å². The molecule has 0 bridgehead atoms. The molecule has 0 aliphatic rings. The molecule has 32 heavy (non-hydrogen) atoms. The summed E-state index contributed by atoms with van der Waals surface area (Å²) in [5.41, 5.74) is 3.84. The number of aromatic nitrogens is 2. The molecule has 0 fully saturated rings. The molecule has 4 aromatic rings. The summed E-state index contributed by atoms with van der Waals surface area (Å²) in [6.45, 7) is 1.91. The predicted octanol–water partition coefficient (Wildman–Crippen LogP) is 5.02. The number of hydrogen-bond acceptors (Lipinski definition) is 6. The van der Waals surface area contributed by atoms with E-state index in [2.05, 4.69) is 10.3 Å². The van der Waals surface area contributed by atoms with Gasteiger partial charge in [0.15, 0.2) is 0 Å². The Hall–Kier alpha value is -4.46. The van der Waals surface area contributed by atoms with E-state index in [1.54, 1.807) is 60.5 Å². The molecule has 0 aliphatic carbocycles. The van der Waals surface area contributed by atoms with E-state index in [9.17, 15) is 14.9 Å². The van der Waals surface area contributed by atoms with Crippen LogP contribution in [0.25, 0.3) is 16.9 Å². The van der Waals surface area contributed by atoms with Gasteiger partial charge in [-0.2, -0.15) is 0 Å². The molecule has 0 saturated heterocycles. The summed E-state index contributed by atoms with van der Waals surface area (Å²) >= 11 is 0. The van der Waals surface area contributed by atoms with Gasteiger partial charge in [-0.15, -0.1) is 0 Å². The van der Waals surface area contributed by atoms with Crippen molar-refractivity contribution in [1.82, 2.24) is 9.55 Å². The molecule has 0 atom stereocenters. The number of nitrogens with one attached hydrogen (secondary N) is 1. The number of hydrogen-bond donors (Lipinski definition) is 1. The highest BCUT2D eigenvalue weighted by Gasteiger charge is 2.17. The lowest BCUT2D eigenvalue weighted by Gasteiger charge is -2.11. The smallest absolute Gasteiger partial charge is 0.343 e. The third-order valence-electron chi connectivity index (χ3n) is 4.95. The van der Waals surface area contributed by atoms with Gasteiger partial charge in [-0.1, -0.05) is 24.3 Å². The number of carbonyl (C=O) groups is 1. The summed E-state index contributed by atoms with van der Waals surface area (Å²) in [6.07, 6.45) is 3.31. The number of rotatable bonds is 6. The van der Waals surface area contributed by atoms with Crippen molar-refractivity contribution in [2.45, 2.75) is 6.92 Å². The van der Waals surface area contributed by atoms with Crippen LogP contribution in [0.5, 0.6) is 5.75 Å². The molecule has 0 spiro atoms. The quantitative estimate of drug-likeness (QED) is 0.200. The van der Waals surface area contributed by atoms with Crippen LogP contribution < -0.4 is 10.1 Å². The maximum Gasteiger partial charge on any atom is 0.343 e. The van der Waals surface area contributed by atoms with Crippen molar-refractivity contribution >= 4 is 17.3 Å². The van der Waals surface area contributed by atoms with Gasteiger partial charge in [0.1, 0.15) is 5.75 Å². The van der Waals surface area contributed by atoms with Crippen molar-refractivity contribution in [2.24, 2.45) is 0 Å². The van der Waals surface area contributed by atoms with Crippen LogP contribution in [0.4, 0.5) is 11.4 Å². The molecule has 0 amide bonds. The first-order valence-corrected chi connectivity index (χ1v) is 9.85. The zero-order valence-electron chi connectivity index (χ0n) is 17.5. The molecule has 1 N–H and O–H groups in total. The van der Waals surface area contributed by atoms with Crippen LogP contribution in [-0.4, -0.2) is 27.5 Å². The molecule has 3 aromatic carbocycles. The number of carbonyl (C=O) groups excluding carboxylic acids is 1. The number of aryl methyl sites for hydroxylation is 1. The average Bonchev–Trinajstić information content (AvgIpc) is 3.29. The number of benzene rings is 3. The van der Waals surface area contributed by atoms with Crippen molar-refractivity contribution in [3.05, 3.63) is 100 Å². The van der Waals surface area contributed by atoms with Crippen molar-refractivity contribution in [3.63, 3.8) is 0 Å². The lowest BCUT2D eigenvalue weighted by molar-refractivity contribution is -0.384. The van der Waals surface area contributed by atoms with Crippen LogP contribution in [0.3, 0.4) is 0 Å². The molecular weight excluding hydrogens is 408 g/mol. The number of imidazole rings is 1. The molecular formula is C24H20N4O4. The summed E-state index contributed by atoms with van der Waals surface area (Å²) in [7, 11) is 1.74. The second kappa shape index (κ2) is 8.73. The Kier molecular flexibility index (Phi) is 5.67. The highest BCUT2D eigenvalue weighted by Crippen LogP contribution is 2.32. The molecule has 1 aromatic heterocycles. The van der Waals surface area contributed by atoms with E-state index in [4.69, 9.17) is 4.74 Å². The number of nitrogens with zero attached hydrogens (tertiary/aromatic N) is 3. The van der Waals surface area contributed by atoms with Gasteiger partial charge in [0.25, 0.3) is 5.69 Å². The third kappa shape index (κ3) is 4.20. The Morgan fingerprint density at radius 2 is 1.88 bits per heavy atom. The number of ether oxygens (including phenoxy) is 1. The van der Waals surface area contributed by atoms with Gasteiger partial charge in [-0.05, 0) is 42.8 Å². The zero-order valence-corrected chi connectivity index (χ0v) is 17.5.